The zero-order valence-electron chi connectivity index (χ0n) is 20.3. The molecule has 0 unspecified atom stereocenters. The predicted octanol–water partition coefficient (Wildman–Crippen LogP) is 4.23. The van der Waals surface area contributed by atoms with Crippen LogP contribution in [-0.2, 0) is 0 Å². The van der Waals surface area contributed by atoms with Crippen LogP contribution in [0.3, 0.4) is 0 Å². The molecule has 2 aromatic heterocycles. The minimum absolute atomic E-state index is 0.664. The number of aromatic nitrogens is 4. The van der Waals surface area contributed by atoms with Crippen molar-refractivity contribution >= 4 is 22.3 Å². The second-order valence-electron chi connectivity index (χ2n) is 9.47. The Balaban J connectivity index is 1.40. The number of benzene rings is 1. The Morgan fingerprint density at radius 2 is 1.94 bits per heavy atom. The third-order valence-electron chi connectivity index (χ3n) is 6.90. The summed E-state index contributed by atoms with van der Waals surface area (Å²) in [5.41, 5.74) is 6.19. The Kier molecular flexibility index (Phi) is 7.06. The highest BCUT2D eigenvalue weighted by molar-refractivity contribution is 6.14. The lowest BCUT2D eigenvalue weighted by atomic mass is 9.92. The van der Waals surface area contributed by atoms with E-state index >= 15 is 0 Å². The van der Waals surface area contributed by atoms with Gasteiger partial charge in [-0.2, -0.15) is 10.2 Å². The lowest BCUT2D eigenvalue weighted by Crippen LogP contribution is -2.44. The number of aliphatic imine (C=N–C) groups is 1. The van der Waals surface area contributed by atoms with Gasteiger partial charge in [0.2, 0.25) is 0 Å². The number of allylic oxidation sites excluding steroid dienone is 2. The number of ether oxygens (including phenoxy) is 1. The average Bonchev–Trinajstić information content (AvgIpc) is 3.50. The molecule has 1 aliphatic heterocycles. The van der Waals surface area contributed by atoms with Gasteiger partial charge in [0.05, 0.1) is 30.2 Å². The summed E-state index contributed by atoms with van der Waals surface area (Å²) in [6, 6.07) is 4.11. The largest absolute Gasteiger partial charge is 0.491 e. The molecule has 2 N–H and O–H groups in total. The van der Waals surface area contributed by atoms with Gasteiger partial charge in [0.15, 0.2) is 0 Å². The Hall–Kier alpha value is -2.97. The second-order valence-corrected chi connectivity index (χ2v) is 9.47. The number of fused-ring (bicyclic) bond motifs is 1. The molecule has 0 atom stereocenters. The minimum atomic E-state index is 0.664. The van der Waals surface area contributed by atoms with Crippen molar-refractivity contribution in [3.63, 3.8) is 0 Å². The molecular weight excluding hydrogens is 426 g/mol. The maximum absolute atomic E-state index is 6.33. The summed E-state index contributed by atoms with van der Waals surface area (Å²) < 4.78 is 6.33. The number of nitrogens with one attached hydrogen (secondary N) is 2. The summed E-state index contributed by atoms with van der Waals surface area (Å²) >= 11 is 0. The first-order valence-electron chi connectivity index (χ1n) is 12.5. The van der Waals surface area contributed by atoms with Crippen LogP contribution in [0.4, 0.5) is 5.69 Å². The van der Waals surface area contributed by atoms with E-state index in [9.17, 15) is 0 Å². The molecule has 0 saturated carbocycles. The second kappa shape index (κ2) is 10.5. The number of nitrogens with zero attached hydrogens (tertiary/aromatic N) is 5. The normalized spacial score (nSPS) is 18.4. The quantitative estimate of drug-likeness (QED) is 0.387. The van der Waals surface area contributed by atoms with E-state index in [0.29, 0.717) is 6.61 Å². The lowest BCUT2D eigenvalue weighted by molar-refractivity contribution is 0.145. The van der Waals surface area contributed by atoms with Gasteiger partial charge in [-0.05, 0) is 57.7 Å². The molecule has 0 amide bonds. The molecule has 1 fully saturated rings. The summed E-state index contributed by atoms with van der Waals surface area (Å²) in [5, 5.41) is 15.7. The smallest absolute Gasteiger partial charge is 0.147 e. The van der Waals surface area contributed by atoms with Crippen molar-refractivity contribution in [2.24, 2.45) is 4.99 Å². The van der Waals surface area contributed by atoms with Crippen molar-refractivity contribution in [1.82, 2.24) is 30.2 Å². The van der Waals surface area contributed by atoms with Crippen molar-refractivity contribution in [2.45, 2.75) is 39.0 Å². The van der Waals surface area contributed by atoms with Gasteiger partial charge in [-0.3, -0.25) is 10.2 Å². The van der Waals surface area contributed by atoms with Gasteiger partial charge in [0, 0.05) is 55.4 Å². The van der Waals surface area contributed by atoms with Crippen LogP contribution < -0.4 is 4.74 Å². The molecule has 3 heterocycles. The van der Waals surface area contributed by atoms with Crippen LogP contribution >= 0.6 is 0 Å². The Labute approximate surface area is 201 Å². The summed E-state index contributed by atoms with van der Waals surface area (Å²) in [4.78, 5) is 10.1. The van der Waals surface area contributed by atoms with E-state index in [1.54, 1.807) is 0 Å². The Morgan fingerprint density at radius 1 is 1.09 bits per heavy atom. The van der Waals surface area contributed by atoms with E-state index in [2.05, 4.69) is 56.3 Å². The van der Waals surface area contributed by atoms with Gasteiger partial charge in [-0.25, -0.2) is 4.99 Å². The number of piperazine rings is 1. The molecule has 0 radical (unpaired) electrons. The standard InChI is InChI=1S/C26H35N7O/c1-19-22(18-28-30-19)26(20-7-4-3-5-8-20)29-24-15-21-17-27-31-23(21)16-25(24)34-14-6-9-33-12-10-32(2)11-13-33/h7,15-18H,3-6,8-14H2,1-2H3,(H,27,31)(H,28,30). The fourth-order valence-corrected chi connectivity index (χ4v) is 4.77. The molecule has 8 nitrogen and oxygen atoms in total. The number of hydrogen-bond acceptors (Lipinski definition) is 6. The monoisotopic (exact) mass is 461 g/mol. The highest BCUT2D eigenvalue weighted by Gasteiger charge is 2.18. The van der Waals surface area contributed by atoms with Crippen molar-refractivity contribution in [1.29, 1.82) is 0 Å². The van der Waals surface area contributed by atoms with Crippen LogP contribution in [0.5, 0.6) is 5.75 Å². The number of hydrogen-bond donors (Lipinski definition) is 2. The fraction of sp³-hybridized carbons (Fsp3) is 0.500. The predicted molar refractivity (Wildman–Crippen MR) is 136 cm³/mol. The highest BCUT2D eigenvalue weighted by atomic mass is 16.5. The highest BCUT2D eigenvalue weighted by Crippen LogP contribution is 2.34. The molecule has 8 heteroatoms. The number of likely N-dealkylation sites (N-methyl/N-ethyl adjacent to an activating group) is 1. The Bertz CT molecular complexity index is 1170. The number of rotatable bonds is 8. The third-order valence-corrected chi connectivity index (χ3v) is 6.90. The van der Waals surface area contributed by atoms with Crippen molar-refractivity contribution < 1.29 is 4.74 Å². The van der Waals surface area contributed by atoms with Crippen LogP contribution in [0.2, 0.25) is 0 Å². The maximum atomic E-state index is 6.33. The van der Waals surface area contributed by atoms with Gasteiger partial charge < -0.3 is 14.5 Å². The van der Waals surface area contributed by atoms with Crippen LogP contribution in [0.1, 0.15) is 43.4 Å². The molecule has 1 aromatic carbocycles. The molecule has 1 aliphatic carbocycles. The molecule has 34 heavy (non-hydrogen) atoms. The number of aryl methyl sites for hydroxylation is 1. The molecular formula is C26H35N7O. The molecule has 5 rings (SSSR count). The van der Waals surface area contributed by atoms with E-state index in [0.717, 1.165) is 91.3 Å². The maximum Gasteiger partial charge on any atom is 0.147 e. The van der Waals surface area contributed by atoms with Gasteiger partial charge >= 0.3 is 0 Å². The first-order chi connectivity index (χ1) is 16.7. The van der Waals surface area contributed by atoms with Gasteiger partial charge in [0.1, 0.15) is 11.4 Å². The molecule has 0 spiro atoms. The lowest BCUT2D eigenvalue weighted by Gasteiger charge is -2.32. The van der Waals surface area contributed by atoms with E-state index in [1.807, 2.05) is 18.5 Å². The van der Waals surface area contributed by atoms with Crippen LogP contribution in [-0.4, -0.2) is 82.3 Å². The summed E-state index contributed by atoms with van der Waals surface area (Å²) in [5.74, 6) is 0.796. The van der Waals surface area contributed by atoms with Crippen LogP contribution in [0, 0.1) is 6.92 Å². The SMILES string of the molecule is Cc1[nH]ncc1C(=Nc1cc2cn[nH]c2cc1OCCCN1CCN(C)CC1)C1=CCCCC1. The van der Waals surface area contributed by atoms with Crippen molar-refractivity contribution in [2.75, 3.05) is 46.4 Å². The molecule has 180 valence electrons. The fourth-order valence-electron chi connectivity index (χ4n) is 4.77. The molecule has 2 aliphatic rings. The van der Waals surface area contributed by atoms with E-state index in [1.165, 1.54) is 18.4 Å². The zero-order valence-corrected chi connectivity index (χ0v) is 20.3. The van der Waals surface area contributed by atoms with Crippen molar-refractivity contribution in [3.05, 3.63) is 47.4 Å². The molecule has 0 bridgehead atoms. The average molecular weight is 462 g/mol. The first kappa shape index (κ1) is 22.8. The van der Waals surface area contributed by atoms with Gasteiger partial charge in [0.25, 0.3) is 0 Å². The summed E-state index contributed by atoms with van der Waals surface area (Å²) in [6.07, 6.45) is 11.6. The van der Waals surface area contributed by atoms with Crippen LogP contribution in [0.15, 0.2) is 41.2 Å². The molecule has 3 aromatic rings. The Morgan fingerprint density at radius 3 is 2.71 bits per heavy atom. The topological polar surface area (TPSA) is 85.4 Å². The van der Waals surface area contributed by atoms with Gasteiger partial charge in [-0.1, -0.05) is 6.08 Å². The first-order valence-corrected chi connectivity index (χ1v) is 12.5. The van der Waals surface area contributed by atoms with E-state index in [4.69, 9.17) is 9.73 Å². The summed E-state index contributed by atoms with van der Waals surface area (Å²) in [7, 11) is 2.19. The zero-order chi connectivity index (χ0) is 23.3. The number of aromatic amines is 2. The number of H-pyrrole nitrogens is 2. The summed E-state index contributed by atoms with van der Waals surface area (Å²) in [6.45, 7) is 8.33. The minimum Gasteiger partial charge on any atom is -0.491 e. The van der Waals surface area contributed by atoms with E-state index in [-0.39, 0.29) is 0 Å². The van der Waals surface area contributed by atoms with Gasteiger partial charge in [-0.15, -0.1) is 0 Å². The van der Waals surface area contributed by atoms with E-state index < -0.39 is 0 Å². The third kappa shape index (κ3) is 5.23. The van der Waals surface area contributed by atoms with Crippen LogP contribution in [0.25, 0.3) is 10.9 Å². The van der Waals surface area contributed by atoms with Crippen molar-refractivity contribution in [3.8, 4) is 5.75 Å². The molecule has 1 saturated heterocycles.